The first-order valence-corrected chi connectivity index (χ1v) is 5.10. The topological polar surface area (TPSA) is 26.0 Å². The summed E-state index contributed by atoms with van der Waals surface area (Å²) < 4.78 is 50.3. The molecule has 0 aliphatic rings. The fourth-order valence-corrected chi connectivity index (χ4v) is 1.56. The zero-order valence-corrected chi connectivity index (χ0v) is 10.4. The van der Waals surface area contributed by atoms with Gasteiger partial charge in [0.25, 0.3) is 0 Å². The summed E-state index contributed by atoms with van der Waals surface area (Å²) >= 11 is 0. The average molecular weight is 292 g/mol. The number of nitrogens with two attached hydrogens (primary N) is 1. The predicted molar refractivity (Wildman–Crippen MR) is 68.5 cm³/mol. The lowest BCUT2D eigenvalue weighted by Crippen LogP contribution is -2.04. The molecule has 0 aromatic heterocycles. The average Bonchev–Trinajstić information content (AvgIpc) is 2.32. The molecule has 0 spiro atoms. The minimum Gasteiger partial charge on any atom is -0.396 e. The van der Waals surface area contributed by atoms with Gasteiger partial charge in [-0.05, 0) is 35.4 Å². The highest BCUT2D eigenvalue weighted by Crippen LogP contribution is 2.31. The van der Waals surface area contributed by atoms with Crippen molar-refractivity contribution >= 4 is 18.1 Å². The fraction of sp³-hybridized carbons (Fsp3) is 0.0769. The number of hydrogen-bond acceptors (Lipinski definition) is 1. The Bertz CT molecular complexity index is 564. The van der Waals surface area contributed by atoms with Crippen LogP contribution in [0.25, 0.3) is 11.1 Å². The van der Waals surface area contributed by atoms with E-state index in [0.29, 0.717) is 11.1 Å². The Morgan fingerprint density at radius 1 is 0.842 bits per heavy atom. The van der Waals surface area contributed by atoms with Gasteiger partial charge in [0.15, 0.2) is 0 Å². The van der Waals surface area contributed by atoms with Crippen LogP contribution >= 0.6 is 12.4 Å². The smallest absolute Gasteiger partial charge is 0.396 e. The van der Waals surface area contributed by atoms with Crippen LogP contribution < -0.4 is 5.73 Å². The summed E-state index contributed by atoms with van der Waals surface area (Å²) in [5.74, 6) is -0.590. The van der Waals surface area contributed by atoms with Gasteiger partial charge in [-0.25, -0.2) is 4.39 Å². The highest BCUT2D eigenvalue weighted by atomic mass is 35.5. The standard InChI is InChI=1S/C13H9F4N.ClH/c14-11-7-9(3-6-12(11)18)8-1-4-10(5-2-8)13(15,16)17;/h1-7H,18H2;1H. The first kappa shape index (κ1) is 15.3. The van der Waals surface area contributed by atoms with Gasteiger partial charge in [-0.2, -0.15) is 13.2 Å². The van der Waals surface area contributed by atoms with Gasteiger partial charge in [0, 0.05) is 0 Å². The second-order valence-corrected chi connectivity index (χ2v) is 3.81. The zero-order chi connectivity index (χ0) is 13.3. The third-order valence-corrected chi connectivity index (χ3v) is 2.55. The maximum atomic E-state index is 13.2. The molecule has 2 rings (SSSR count). The Kier molecular flexibility index (Phi) is 4.42. The zero-order valence-electron chi connectivity index (χ0n) is 9.54. The summed E-state index contributed by atoms with van der Waals surface area (Å²) in [6, 6.07) is 8.65. The minimum atomic E-state index is -4.37. The van der Waals surface area contributed by atoms with Gasteiger partial charge in [0.1, 0.15) is 5.82 Å². The molecule has 0 aliphatic heterocycles. The van der Waals surface area contributed by atoms with Crippen LogP contribution in [0.5, 0.6) is 0 Å². The third kappa shape index (κ3) is 3.38. The number of benzene rings is 2. The molecule has 2 N–H and O–H groups in total. The molecule has 2 aromatic carbocycles. The van der Waals surface area contributed by atoms with Gasteiger partial charge in [-0.1, -0.05) is 18.2 Å². The van der Waals surface area contributed by atoms with Gasteiger partial charge >= 0.3 is 6.18 Å². The summed E-state index contributed by atoms with van der Waals surface area (Å²) in [4.78, 5) is 0. The highest BCUT2D eigenvalue weighted by molar-refractivity contribution is 5.85. The molecule has 0 saturated heterocycles. The summed E-state index contributed by atoms with van der Waals surface area (Å²) in [6.07, 6.45) is -4.37. The van der Waals surface area contributed by atoms with Crippen molar-refractivity contribution in [1.82, 2.24) is 0 Å². The minimum absolute atomic E-state index is 0. The van der Waals surface area contributed by atoms with Crippen LogP contribution in [0.4, 0.5) is 23.2 Å². The van der Waals surface area contributed by atoms with E-state index in [-0.39, 0.29) is 18.1 Å². The third-order valence-electron chi connectivity index (χ3n) is 2.55. The first-order valence-electron chi connectivity index (χ1n) is 5.10. The molecular formula is C13H10ClF4N. The maximum absolute atomic E-state index is 13.2. The molecule has 2 aromatic rings. The van der Waals surface area contributed by atoms with Crippen molar-refractivity contribution in [3.8, 4) is 11.1 Å². The second kappa shape index (κ2) is 5.48. The van der Waals surface area contributed by atoms with E-state index in [1.54, 1.807) is 6.07 Å². The van der Waals surface area contributed by atoms with E-state index < -0.39 is 17.6 Å². The second-order valence-electron chi connectivity index (χ2n) is 3.81. The fourth-order valence-electron chi connectivity index (χ4n) is 1.56. The lowest BCUT2D eigenvalue weighted by molar-refractivity contribution is -0.137. The molecule has 0 bridgehead atoms. The molecule has 0 saturated carbocycles. The van der Waals surface area contributed by atoms with E-state index in [1.165, 1.54) is 24.3 Å². The van der Waals surface area contributed by atoms with Crippen LogP contribution in [-0.2, 0) is 6.18 Å². The predicted octanol–water partition coefficient (Wildman–Crippen LogP) is 4.52. The Balaban J connectivity index is 0.00000180. The number of halogens is 5. The van der Waals surface area contributed by atoms with Crippen LogP contribution in [0.15, 0.2) is 42.5 Å². The monoisotopic (exact) mass is 291 g/mol. The maximum Gasteiger partial charge on any atom is 0.416 e. The van der Waals surface area contributed by atoms with Crippen LogP contribution in [0.3, 0.4) is 0 Å². The van der Waals surface area contributed by atoms with Crippen molar-refractivity contribution in [2.24, 2.45) is 0 Å². The molecule has 19 heavy (non-hydrogen) atoms. The number of alkyl halides is 3. The Labute approximate surface area is 113 Å². The van der Waals surface area contributed by atoms with Crippen molar-refractivity contribution in [1.29, 1.82) is 0 Å². The Morgan fingerprint density at radius 3 is 1.84 bits per heavy atom. The van der Waals surface area contributed by atoms with Crippen molar-refractivity contribution in [3.63, 3.8) is 0 Å². The normalized spacial score (nSPS) is 10.9. The van der Waals surface area contributed by atoms with Crippen LogP contribution in [0.1, 0.15) is 5.56 Å². The molecule has 102 valence electrons. The molecule has 0 aliphatic carbocycles. The number of nitrogen functional groups attached to an aromatic ring is 1. The molecule has 0 atom stereocenters. The molecule has 0 heterocycles. The molecular weight excluding hydrogens is 282 g/mol. The Hall–Kier alpha value is -1.75. The van der Waals surface area contributed by atoms with E-state index in [9.17, 15) is 17.6 Å². The van der Waals surface area contributed by atoms with Crippen molar-refractivity contribution in [2.45, 2.75) is 6.18 Å². The van der Waals surface area contributed by atoms with Crippen LogP contribution in [0, 0.1) is 5.82 Å². The van der Waals surface area contributed by atoms with Crippen molar-refractivity contribution in [2.75, 3.05) is 5.73 Å². The van der Waals surface area contributed by atoms with E-state index in [1.807, 2.05) is 0 Å². The van der Waals surface area contributed by atoms with Crippen molar-refractivity contribution in [3.05, 3.63) is 53.8 Å². The quantitative estimate of drug-likeness (QED) is 0.607. The van der Waals surface area contributed by atoms with Crippen LogP contribution in [-0.4, -0.2) is 0 Å². The van der Waals surface area contributed by atoms with E-state index in [2.05, 4.69) is 0 Å². The molecule has 1 nitrogen and oxygen atoms in total. The summed E-state index contributed by atoms with van der Waals surface area (Å²) in [5.41, 5.74) is 5.58. The van der Waals surface area contributed by atoms with Gasteiger partial charge in [0.05, 0.1) is 11.3 Å². The summed E-state index contributed by atoms with van der Waals surface area (Å²) in [7, 11) is 0. The molecule has 0 amide bonds. The lowest BCUT2D eigenvalue weighted by atomic mass is 10.0. The van der Waals surface area contributed by atoms with E-state index in [0.717, 1.165) is 12.1 Å². The van der Waals surface area contributed by atoms with Gasteiger partial charge in [-0.15, -0.1) is 12.4 Å². The molecule has 6 heteroatoms. The largest absolute Gasteiger partial charge is 0.416 e. The molecule has 0 unspecified atom stereocenters. The first-order chi connectivity index (χ1) is 8.38. The lowest BCUT2D eigenvalue weighted by Gasteiger charge is -2.08. The van der Waals surface area contributed by atoms with Gasteiger partial charge in [0.2, 0.25) is 0 Å². The molecule has 0 radical (unpaired) electrons. The summed E-state index contributed by atoms with van der Waals surface area (Å²) in [5, 5.41) is 0. The number of rotatable bonds is 1. The number of hydrogen-bond donors (Lipinski definition) is 1. The van der Waals surface area contributed by atoms with E-state index in [4.69, 9.17) is 5.73 Å². The molecule has 0 fully saturated rings. The summed E-state index contributed by atoms with van der Waals surface area (Å²) in [6.45, 7) is 0. The van der Waals surface area contributed by atoms with Gasteiger partial charge in [-0.3, -0.25) is 0 Å². The van der Waals surface area contributed by atoms with Gasteiger partial charge < -0.3 is 5.73 Å². The van der Waals surface area contributed by atoms with Crippen LogP contribution in [0.2, 0.25) is 0 Å². The Morgan fingerprint density at radius 2 is 1.37 bits per heavy atom. The van der Waals surface area contributed by atoms with Crippen molar-refractivity contribution < 1.29 is 17.6 Å². The SMILES string of the molecule is Cl.Nc1ccc(-c2ccc(C(F)(F)F)cc2)cc1F. The number of anilines is 1. The highest BCUT2D eigenvalue weighted by Gasteiger charge is 2.29. The van der Waals surface area contributed by atoms with E-state index >= 15 is 0 Å².